The second-order valence-corrected chi connectivity index (χ2v) is 7.27. The van der Waals surface area contributed by atoms with Gasteiger partial charge in [0.15, 0.2) is 5.69 Å². The van der Waals surface area contributed by atoms with Crippen LogP contribution in [0, 0.1) is 20.2 Å². The van der Waals surface area contributed by atoms with Crippen LogP contribution >= 0.6 is 15.9 Å². The van der Waals surface area contributed by atoms with Crippen LogP contribution in [0.1, 0.15) is 11.5 Å². The number of hydrogen-bond acceptors (Lipinski definition) is 9. The number of nitrogens with two attached hydrogens (primary N) is 1. The van der Waals surface area contributed by atoms with Gasteiger partial charge in [-0.1, -0.05) is 15.9 Å². The predicted octanol–water partition coefficient (Wildman–Crippen LogP) is 0.855. The third-order valence-corrected chi connectivity index (χ3v) is 4.38. The molecule has 26 heavy (non-hydrogen) atoms. The van der Waals surface area contributed by atoms with Gasteiger partial charge in [-0.25, -0.2) is 0 Å². The van der Waals surface area contributed by atoms with E-state index in [0.29, 0.717) is 0 Å². The van der Waals surface area contributed by atoms with Crippen LogP contribution < -0.4 is 11.1 Å². The van der Waals surface area contributed by atoms with Crippen LogP contribution in [0.3, 0.4) is 0 Å². The molecule has 1 aromatic carbocycles. The van der Waals surface area contributed by atoms with Gasteiger partial charge in [0.25, 0.3) is 15.8 Å². The summed E-state index contributed by atoms with van der Waals surface area (Å²) in [5.41, 5.74) is 3.34. The van der Waals surface area contributed by atoms with Crippen molar-refractivity contribution in [2.45, 2.75) is 5.92 Å². The van der Waals surface area contributed by atoms with Crippen LogP contribution in [0.2, 0.25) is 0 Å². The van der Waals surface area contributed by atoms with E-state index >= 15 is 0 Å². The Labute approximate surface area is 156 Å². The van der Waals surface area contributed by atoms with E-state index in [1.54, 1.807) is 0 Å². The summed E-state index contributed by atoms with van der Waals surface area (Å²) >= 11 is 3.03. The smallest absolute Gasteiger partial charge is 0.303 e. The Hall–Kier alpha value is -2.32. The molecule has 0 heterocycles. The molecule has 0 fully saturated rings. The van der Waals surface area contributed by atoms with Gasteiger partial charge in [-0.3, -0.25) is 29.2 Å². The molecule has 1 atom stereocenters. The summed E-state index contributed by atoms with van der Waals surface area (Å²) in [6, 6.07) is 2.09. The number of benzene rings is 1. The number of nitrogens with zero attached hydrogens (tertiary/aromatic N) is 2. The molecule has 0 bridgehead atoms. The maximum Gasteiger partial charge on any atom is 0.303 e. The van der Waals surface area contributed by atoms with E-state index < -0.39 is 55.5 Å². The highest BCUT2D eigenvalue weighted by atomic mass is 79.9. The third-order valence-electron chi connectivity index (χ3n) is 3.14. The van der Waals surface area contributed by atoms with E-state index in [9.17, 15) is 33.4 Å². The Morgan fingerprint density at radius 1 is 1.35 bits per heavy atom. The Bertz CT molecular complexity index is 829. The molecule has 144 valence electrons. The quantitative estimate of drug-likeness (QED) is 0.170. The predicted molar refractivity (Wildman–Crippen MR) is 94.8 cm³/mol. The molecule has 0 aliphatic carbocycles. The summed E-state index contributed by atoms with van der Waals surface area (Å²) < 4.78 is 26.3. The Morgan fingerprint density at radius 3 is 2.38 bits per heavy atom. The van der Waals surface area contributed by atoms with Gasteiger partial charge in [0.05, 0.1) is 28.6 Å². The van der Waals surface area contributed by atoms with Crippen molar-refractivity contribution in [3.63, 3.8) is 0 Å². The van der Waals surface area contributed by atoms with Crippen molar-refractivity contribution in [3.8, 4) is 0 Å². The molecule has 14 heteroatoms. The molecule has 0 aliphatic rings. The number of alkyl halides is 1. The Balaban J connectivity index is 3.39. The van der Waals surface area contributed by atoms with Gasteiger partial charge in [-0.15, -0.1) is 0 Å². The van der Waals surface area contributed by atoms with Gasteiger partial charge < -0.3 is 11.1 Å². The zero-order valence-electron chi connectivity index (χ0n) is 13.4. The maximum atomic E-state index is 11.5. The highest BCUT2D eigenvalue weighted by molar-refractivity contribution is 9.09. The fraction of sp³-hybridized carbons (Fsp3) is 0.417. The van der Waals surface area contributed by atoms with E-state index in [1.165, 1.54) is 0 Å². The number of carbonyl (C=O) groups is 1. The summed E-state index contributed by atoms with van der Waals surface area (Å²) in [6.07, 6.45) is 0.811. The standard InChI is InChI=1S/C12H15BrN4O8S/c1-26(23,24)25-5-4-15-10-9(16(19)20)3-2-7(11(10)17(21)22)8(6-13)12(14)18/h2-3,8,15H,4-6H2,1H3,(H2,14,18). The minimum absolute atomic E-state index is 0.0301. The summed E-state index contributed by atoms with van der Waals surface area (Å²) in [6.45, 7) is -0.678. The summed E-state index contributed by atoms with van der Waals surface area (Å²) in [7, 11) is -3.74. The molecular formula is C12H15BrN4O8S. The van der Waals surface area contributed by atoms with Crippen LogP contribution in [0.15, 0.2) is 12.1 Å². The topological polar surface area (TPSA) is 185 Å². The van der Waals surface area contributed by atoms with Crippen LogP contribution in [-0.2, 0) is 19.1 Å². The van der Waals surface area contributed by atoms with Crippen LogP contribution in [0.25, 0.3) is 0 Å². The molecule has 1 rings (SSSR count). The highest BCUT2D eigenvalue weighted by Gasteiger charge is 2.33. The first-order chi connectivity index (χ1) is 12.0. The number of nitrogens with one attached hydrogen (secondary N) is 1. The van der Waals surface area contributed by atoms with Gasteiger partial charge in [0.2, 0.25) is 5.91 Å². The number of hydrogen-bond donors (Lipinski definition) is 2. The second kappa shape index (κ2) is 8.86. The second-order valence-electron chi connectivity index (χ2n) is 4.97. The number of rotatable bonds is 10. The van der Waals surface area contributed by atoms with Crippen molar-refractivity contribution in [1.82, 2.24) is 0 Å². The van der Waals surface area contributed by atoms with Crippen molar-refractivity contribution < 1.29 is 27.2 Å². The van der Waals surface area contributed by atoms with E-state index in [-0.39, 0.29) is 17.4 Å². The fourth-order valence-electron chi connectivity index (χ4n) is 2.08. The lowest BCUT2D eigenvalue weighted by Crippen LogP contribution is -2.24. The molecule has 0 spiro atoms. The average Bonchev–Trinajstić information content (AvgIpc) is 2.50. The zero-order valence-corrected chi connectivity index (χ0v) is 15.8. The summed E-state index contributed by atoms with van der Waals surface area (Å²) in [5.74, 6) is -1.95. The molecule has 0 saturated carbocycles. The lowest BCUT2D eigenvalue weighted by Gasteiger charge is -2.14. The van der Waals surface area contributed by atoms with Crippen molar-refractivity contribution in [1.29, 1.82) is 0 Å². The zero-order chi connectivity index (χ0) is 20.1. The fourth-order valence-corrected chi connectivity index (χ4v) is 3.14. The number of anilines is 1. The van der Waals surface area contributed by atoms with Crippen LogP contribution in [0.5, 0.6) is 0 Å². The number of halogens is 1. The Kier molecular flexibility index (Phi) is 7.41. The van der Waals surface area contributed by atoms with Crippen molar-refractivity contribution in [3.05, 3.63) is 37.9 Å². The minimum Gasteiger partial charge on any atom is -0.371 e. The SMILES string of the molecule is CS(=O)(=O)OCCNc1c([N+](=O)[O-])ccc(C(CBr)C(N)=O)c1[N+](=O)[O-]. The average molecular weight is 455 g/mol. The maximum absolute atomic E-state index is 11.5. The summed E-state index contributed by atoms with van der Waals surface area (Å²) in [4.78, 5) is 32.5. The largest absolute Gasteiger partial charge is 0.371 e. The first-order valence-electron chi connectivity index (χ1n) is 6.88. The normalized spacial score (nSPS) is 12.4. The van der Waals surface area contributed by atoms with Crippen LogP contribution in [0.4, 0.5) is 17.1 Å². The molecule has 0 radical (unpaired) electrons. The van der Waals surface area contributed by atoms with Gasteiger partial charge in [-0.2, -0.15) is 8.42 Å². The molecule has 3 N–H and O–H groups in total. The molecular weight excluding hydrogens is 440 g/mol. The number of nitro benzene ring substituents is 2. The van der Waals surface area contributed by atoms with Gasteiger partial charge in [-0.05, 0) is 6.07 Å². The first kappa shape index (κ1) is 21.7. The van der Waals surface area contributed by atoms with Crippen molar-refractivity contribution in [2.75, 3.05) is 30.1 Å². The molecule has 1 aromatic rings. The van der Waals surface area contributed by atoms with Crippen molar-refractivity contribution >= 4 is 49.0 Å². The number of primary amides is 1. The number of nitro groups is 2. The first-order valence-corrected chi connectivity index (χ1v) is 9.82. The third kappa shape index (κ3) is 5.60. The number of carbonyl (C=O) groups excluding carboxylic acids is 1. The minimum atomic E-state index is -3.74. The van der Waals surface area contributed by atoms with E-state index in [2.05, 4.69) is 25.4 Å². The molecule has 0 aliphatic heterocycles. The van der Waals surface area contributed by atoms with Gasteiger partial charge in [0.1, 0.15) is 0 Å². The van der Waals surface area contributed by atoms with E-state index in [4.69, 9.17) is 5.73 Å². The van der Waals surface area contributed by atoms with Gasteiger partial charge in [0, 0.05) is 23.5 Å². The monoisotopic (exact) mass is 454 g/mol. The lowest BCUT2D eigenvalue weighted by atomic mass is 9.97. The summed E-state index contributed by atoms with van der Waals surface area (Å²) in [5, 5.41) is 25.1. The molecule has 0 aromatic heterocycles. The van der Waals surface area contributed by atoms with Gasteiger partial charge >= 0.3 is 5.69 Å². The molecule has 1 amide bonds. The highest BCUT2D eigenvalue weighted by Crippen LogP contribution is 2.40. The van der Waals surface area contributed by atoms with Crippen molar-refractivity contribution in [2.24, 2.45) is 5.73 Å². The molecule has 12 nitrogen and oxygen atoms in total. The lowest BCUT2D eigenvalue weighted by molar-refractivity contribution is -0.392. The van der Waals surface area contributed by atoms with E-state index in [1.807, 2.05) is 0 Å². The number of amides is 1. The molecule has 0 saturated heterocycles. The Morgan fingerprint density at radius 2 is 1.96 bits per heavy atom. The molecule has 1 unspecified atom stereocenters. The van der Waals surface area contributed by atoms with Crippen LogP contribution in [-0.4, -0.2) is 48.9 Å². The van der Waals surface area contributed by atoms with E-state index in [0.717, 1.165) is 18.4 Å².